The minimum atomic E-state index is -2.08. The maximum absolute atomic E-state index is 12.0. The van der Waals surface area contributed by atoms with Gasteiger partial charge in [-0.15, -0.1) is 0 Å². The Balaban J connectivity index is 2.98. The quantitative estimate of drug-likeness (QED) is 0.475. The van der Waals surface area contributed by atoms with Crippen LogP contribution in [0.3, 0.4) is 0 Å². The van der Waals surface area contributed by atoms with Crippen molar-refractivity contribution in [1.29, 1.82) is 0 Å². The number of carbonyl (C=O) groups is 5. The van der Waals surface area contributed by atoms with Gasteiger partial charge < -0.3 is 25.5 Å². The monoisotopic (exact) mass is 390 g/mol. The molecule has 0 saturated heterocycles. The van der Waals surface area contributed by atoms with Crippen LogP contribution in [0, 0.1) is 5.41 Å². The Morgan fingerprint density at radius 1 is 0.857 bits per heavy atom. The second kappa shape index (κ2) is 6.99. The molecule has 28 heavy (non-hydrogen) atoms. The van der Waals surface area contributed by atoms with Crippen molar-refractivity contribution in [1.82, 2.24) is 0 Å². The molecular weight excluding hydrogens is 376 g/mol. The zero-order valence-corrected chi connectivity index (χ0v) is 14.3. The van der Waals surface area contributed by atoms with Crippen LogP contribution in [0.2, 0.25) is 0 Å². The van der Waals surface area contributed by atoms with Gasteiger partial charge in [-0.3, -0.25) is 4.79 Å². The maximum atomic E-state index is 12.0. The van der Waals surface area contributed by atoms with Crippen LogP contribution in [0.15, 0.2) is 35.4 Å². The van der Waals surface area contributed by atoms with E-state index in [4.69, 9.17) is 5.11 Å². The van der Waals surface area contributed by atoms with Crippen LogP contribution in [-0.4, -0.2) is 55.4 Å². The van der Waals surface area contributed by atoms with Crippen molar-refractivity contribution < 1.29 is 49.5 Å². The Morgan fingerprint density at radius 2 is 1.46 bits per heavy atom. The van der Waals surface area contributed by atoms with E-state index in [1.165, 1.54) is 0 Å². The van der Waals surface area contributed by atoms with Crippen molar-refractivity contribution in [2.24, 2.45) is 5.41 Å². The summed E-state index contributed by atoms with van der Waals surface area (Å²) in [4.78, 5) is 57.8. The van der Waals surface area contributed by atoms with E-state index in [1.807, 2.05) is 0 Å². The molecule has 1 aliphatic rings. The number of carboxylic acids is 5. The predicted octanol–water partition coefficient (Wildman–Crippen LogP) is 1.43. The Kier molecular flexibility index (Phi) is 5.08. The fourth-order valence-electron chi connectivity index (χ4n) is 3.07. The first kappa shape index (κ1) is 20.4. The van der Waals surface area contributed by atoms with Gasteiger partial charge in [-0.25, -0.2) is 19.2 Å². The van der Waals surface area contributed by atoms with Gasteiger partial charge in [-0.05, 0) is 42.7 Å². The highest BCUT2D eigenvalue weighted by atomic mass is 16.4. The van der Waals surface area contributed by atoms with E-state index >= 15 is 0 Å². The lowest BCUT2D eigenvalue weighted by Crippen LogP contribution is -2.35. The number of aromatic carboxylic acids is 2. The Hall–Kier alpha value is -3.95. The molecule has 1 aromatic carbocycles. The van der Waals surface area contributed by atoms with E-state index in [2.05, 4.69) is 0 Å². The van der Waals surface area contributed by atoms with Crippen LogP contribution in [-0.2, 0) is 14.4 Å². The number of benzene rings is 1. The Bertz CT molecular complexity index is 998. The Labute approximate surface area is 156 Å². The van der Waals surface area contributed by atoms with Gasteiger partial charge in [0.1, 0.15) is 0 Å². The van der Waals surface area contributed by atoms with E-state index in [0.717, 1.165) is 31.2 Å². The minimum Gasteiger partial charge on any atom is -0.481 e. The molecular formula is C18H14O10. The van der Waals surface area contributed by atoms with E-state index in [9.17, 15) is 44.4 Å². The van der Waals surface area contributed by atoms with Gasteiger partial charge in [0.2, 0.25) is 0 Å². The van der Waals surface area contributed by atoms with Gasteiger partial charge in [-0.1, -0.05) is 6.07 Å². The van der Waals surface area contributed by atoms with Gasteiger partial charge >= 0.3 is 29.8 Å². The van der Waals surface area contributed by atoms with Crippen molar-refractivity contribution >= 4 is 35.4 Å². The summed E-state index contributed by atoms with van der Waals surface area (Å²) in [6.07, 6.45) is 0.185. The maximum Gasteiger partial charge on any atom is 0.336 e. The highest BCUT2D eigenvalue weighted by Gasteiger charge is 2.46. The average Bonchev–Trinajstić information content (AvgIpc) is 2.60. The van der Waals surface area contributed by atoms with E-state index in [-0.39, 0.29) is 5.56 Å². The molecule has 10 nitrogen and oxygen atoms in total. The summed E-state index contributed by atoms with van der Waals surface area (Å²) < 4.78 is 0. The SMILES string of the molecule is CC1(C(=O)O)CC(C(=O)O)=CC(C(=O)O)=C1c1ccc(C(=O)O)cc1C(=O)O. The molecule has 10 heteroatoms. The molecule has 0 heterocycles. The van der Waals surface area contributed by atoms with Crippen molar-refractivity contribution in [3.8, 4) is 0 Å². The summed E-state index contributed by atoms with van der Waals surface area (Å²) >= 11 is 0. The summed E-state index contributed by atoms with van der Waals surface area (Å²) in [6.45, 7) is 1.08. The van der Waals surface area contributed by atoms with Crippen LogP contribution >= 0.6 is 0 Å². The van der Waals surface area contributed by atoms with Gasteiger partial charge in [0, 0.05) is 5.57 Å². The lowest BCUT2D eigenvalue weighted by Gasteiger charge is -2.33. The smallest absolute Gasteiger partial charge is 0.336 e. The molecule has 0 radical (unpaired) electrons. The third-order valence-electron chi connectivity index (χ3n) is 4.43. The molecule has 1 aliphatic carbocycles. The molecule has 0 saturated carbocycles. The van der Waals surface area contributed by atoms with Gasteiger partial charge in [0.05, 0.1) is 22.1 Å². The number of hydrogen-bond acceptors (Lipinski definition) is 5. The first-order valence-electron chi connectivity index (χ1n) is 7.66. The van der Waals surface area contributed by atoms with Crippen LogP contribution < -0.4 is 0 Å². The molecule has 0 aliphatic heterocycles. The lowest BCUT2D eigenvalue weighted by atomic mass is 9.68. The van der Waals surface area contributed by atoms with Crippen molar-refractivity contribution in [3.05, 3.63) is 52.1 Å². The molecule has 1 aromatic rings. The van der Waals surface area contributed by atoms with Crippen LogP contribution in [0.5, 0.6) is 0 Å². The van der Waals surface area contributed by atoms with Crippen LogP contribution in [0.4, 0.5) is 0 Å². The molecule has 0 bridgehead atoms. The minimum absolute atomic E-state index is 0.319. The molecule has 2 rings (SSSR count). The van der Waals surface area contributed by atoms with Crippen LogP contribution in [0.1, 0.15) is 39.6 Å². The number of aliphatic carboxylic acids is 3. The predicted molar refractivity (Wildman–Crippen MR) is 91.0 cm³/mol. The van der Waals surface area contributed by atoms with E-state index < -0.39 is 69.5 Å². The highest BCUT2D eigenvalue weighted by Crippen LogP contribution is 2.47. The second-order valence-electron chi connectivity index (χ2n) is 6.25. The summed E-state index contributed by atoms with van der Waals surface area (Å²) in [5.74, 6) is -7.76. The molecule has 0 fully saturated rings. The molecule has 0 amide bonds. The lowest BCUT2D eigenvalue weighted by molar-refractivity contribution is -0.144. The zero-order chi connectivity index (χ0) is 21.4. The fourth-order valence-corrected chi connectivity index (χ4v) is 3.07. The summed E-state index contributed by atoms with van der Waals surface area (Å²) in [7, 11) is 0. The Morgan fingerprint density at radius 3 is 1.89 bits per heavy atom. The highest BCUT2D eigenvalue weighted by molar-refractivity contribution is 6.11. The van der Waals surface area contributed by atoms with E-state index in [0.29, 0.717) is 0 Å². The van der Waals surface area contributed by atoms with Crippen molar-refractivity contribution in [2.45, 2.75) is 13.3 Å². The fraction of sp³-hybridized carbons (Fsp3) is 0.167. The summed E-state index contributed by atoms with van der Waals surface area (Å²) in [6, 6.07) is 2.80. The molecule has 0 aromatic heterocycles. The first-order chi connectivity index (χ1) is 12.9. The summed E-state index contributed by atoms with van der Waals surface area (Å²) in [5.41, 5.74) is -5.00. The van der Waals surface area contributed by atoms with Gasteiger partial charge in [-0.2, -0.15) is 0 Å². The number of carboxylic acid groups (broad SMARTS) is 5. The molecule has 0 spiro atoms. The topological polar surface area (TPSA) is 186 Å². The third-order valence-corrected chi connectivity index (χ3v) is 4.43. The van der Waals surface area contributed by atoms with Gasteiger partial charge in [0.15, 0.2) is 0 Å². The van der Waals surface area contributed by atoms with Crippen LogP contribution in [0.25, 0.3) is 5.57 Å². The number of rotatable bonds is 6. The zero-order valence-electron chi connectivity index (χ0n) is 14.3. The first-order valence-corrected chi connectivity index (χ1v) is 7.66. The third kappa shape index (κ3) is 3.34. The molecule has 146 valence electrons. The molecule has 1 atom stereocenters. The molecule has 1 unspecified atom stereocenters. The number of hydrogen-bond donors (Lipinski definition) is 5. The van der Waals surface area contributed by atoms with Crippen molar-refractivity contribution in [3.63, 3.8) is 0 Å². The van der Waals surface area contributed by atoms with Crippen molar-refractivity contribution in [2.75, 3.05) is 0 Å². The second-order valence-corrected chi connectivity index (χ2v) is 6.25. The summed E-state index contributed by atoms with van der Waals surface area (Å²) in [5, 5.41) is 47.0. The molecule has 5 N–H and O–H groups in total. The normalized spacial score (nSPS) is 19.0. The van der Waals surface area contributed by atoms with Gasteiger partial charge in [0.25, 0.3) is 0 Å². The largest absolute Gasteiger partial charge is 0.481 e. The van der Waals surface area contributed by atoms with E-state index in [1.54, 1.807) is 0 Å². The standard InChI is InChI=1S/C18H14O10/c1-18(17(27)28)6-8(14(21)22)5-11(16(25)26)12(18)9-3-2-7(13(19)20)4-10(9)15(23)24/h2-5H,6H2,1H3,(H,19,20)(H,21,22)(H,23,24)(H,25,26)(H,27,28). The average molecular weight is 390 g/mol.